The third kappa shape index (κ3) is 5.82. The van der Waals surface area contributed by atoms with Gasteiger partial charge >= 0.3 is 0 Å². The van der Waals surface area contributed by atoms with Crippen molar-refractivity contribution in [2.45, 2.75) is 26.7 Å². The molecule has 1 heterocycles. The Morgan fingerprint density at radius 1 is 1.33 bits per heavy atom. The van der Waals surface area contributed by atoms with E-state index in [9.17, 15) is 0 Å². The van der Waals surface area contributed by atoms with E-state index in [1.54, 1.807) is 0 Å². The van der Waals surface area contributed by atoms with Gasteiger partial charge in [-0.1, -0.05) is 6.92 Å². The third-order valence-corrected chi connectivity index (χ3v) is 2.35. The fourth-order valence-corrected chi connectivity index (χ4v) is 1.49. The fraction of sp³-hybridized carbons (Fsp3) is 0.692. The van der Waals surface area contributed by atoms with Gasteiger partial charge in [0.2, 0.25) is 11.8 Å². The first-order valence-corrected chi connectivity index (χ1v) is 6.49. The zero-order chi connectivity index (χ0) is 13.4. The summed E-state index contributed by atoms with van der Waals surface area (Å²) in [5.41, 5.74) is 0.922. The second-order valence-electron chi connectivity index (χ2n) is 4.60. The molecule has 0 fully saturated rings. The fourth-order valence-electron chi connectivity index (χ4n) is 1.49. The predicted octanol–water partition coefficient (Wildman–Crippen LogP) is 1.94. The van der Waals surface area contributed by atoms with Crippen LogP contribution in [0.2, 0.25) is 0 Å². The van der Waals surface area contributed by atoms with Crippen molar-refractivity contribution in [1.82, 2.24) is 14.9 Å². The lowest BCUT2D eigenvalue weighted by Crippen LogP contribution is -2.17. The summed E-state index contributed by atoms with van der Waals surface area (Å²) in [4.78, 5) is 10.8. The van der Waals surface area contributed by atoms with Crippen LogP contribution in [0.15, 0.2) is 6.07 Å². The zero-order valence-corrected chi connectivity index (χ0v) is 11.9. The van der Waals surface area contributed by atoms with E-state index < -0.39 is 0 Å². The summed E-state index contributed by atoms with van der Waals surface area (Å²) in [6, 6.07) is 1.86. The van der Waals surface area contributed by atoms with Gasteiger partial charge in [0.25, 0.3) is 0 Å². The molecule has 0 unspecified atom stereocenters. The van der Waals surface area contributed by atoms with Gasteiger partial charge in [-0.3, -0.25) is 0 Å². The van der Waals surface area contributed by atoms with Crippen LogP contribution in [0.1, 0.15) is 25.5 Å². The number of aryl methyl sites for hydroxylation is 1. The number of hydrogen-bond donors (Lipinski definition) is 1. The molecule has 0 atom stereocenters. The lowest BCUT2D eigenvalue weighted by Gasteiger charge is -2.11. The maximum Gasteiger partial charge on any atom is 0.226 e. The summed E-state index contributed by atoms with van der Waals surface area (Å²) in [7, 11) is 4.14. The van der Waals surface area contributed by atoms with Crippen molar-refractivity contribution >= 4 is 5.95 Å². The normalized spacial score (nSPS) is 10.7. The molecular weight excluding hydrogens is 228 g/mol. The summed E-state index contributed by atoms with van der Waals surface area (Å²) in [5, 5.41) is 3.23. The van der Waals surface area contributed by atoms with E-state index in [1.807, 2.05) is 13.0 Å². The quantitative estimate of drug-likeness (QED) is 0.717. The van der Waals surface area contributed by atoms with Crippen molar-refractivity contribution in [3.63, 3.8) is 0 Å². The van der Waals surface area contributed by atoms with E-state index in [0.29, 0.717) is 18.4 Å². The highest BCUT2D eigenvalue weighted by molar-refractivity contribution is 5.30. The van der Waals surface area contributed by atoms with Gasteiger partial charge in [-0.25, -0.2) is 4.98 Å². The second-order valence-corrected chi connectivity index (χ2v) is 4.60. The molecule has 0 aliphatic carbocycles. The monoisotopic (exact) mass is 252 g/mol. The van der Waals surface area contributed by atoms with Crippen LogP contribution in [0, 0.1) is 6.92 Å². The highest BCUT2D eigenvalue weighted by atomic mass is 16.5. The van der Waals surface area contributed by atoms with Crippen molar-refractivity contribution in [1.29, 1.82) is 0 Å². The molecule has 0 aliphatic rings. The summed E-state index contributed by atoms with van der Waals surface area (Å²) >= 11 is 0. The molecule has 0 radical (unpaired) electrons. The average Bonchev–Trinajstić information content (AvgIpc) is 2.31. The molecule has 1 aromatic rings. The largest absolute Gasteiger partial charge is 0.478 e. The molecule has 1 rings (SSSR count). The van der Waals surface area contributed by atoms with Crippen molar-refractivity contribution < 1.29 is 4.74 Å². The van der Waals surface area contributed by atoms with Crippen molar-refractivity contribution in [3.8, 4) is 5.88 Å². The van der Waals surface area contributed by atoms with Gasteiger partial charge in [0, 0.05) is 18.3 Å². The maximum absolute atomic E-state index is 5.52. The number of nitrogens with zero attached hydrogens (tertiary/aromatic N) is 3. The molecule has 102 valence electrons. The molecule has 1 N–H and O–H groups in total. The van der Waals surface area contributed by atoms with E-state index in [4.69, 9.17) is 4.74 Å². The lowest BCUT2D eigenvalue weighted by atomic mass is 10.4. The summed E-state index contributed by atoms with van der Waals surface area (Å²) in [5.74, 6) is 1.30. The Morgan fingerprint density at radius 3 is 2.78 bits per heavy atom. The highest BCUT2D eigenvalue weighted by Crippen LogP contribution is 2.12. The van der Waals surface area contributed by atoms with E-state index in [2.05, 4.69) is 41.2 Å². The first kappa shape index (κ1) is 14.7. The number of hydrogen-bond acceptors (Lipinski definition) is 5. The first-order valence-electron chi connectivity index (χ1n) is 6.49. The Morgan fingerprint density at radius 2 is 2.11 bits per heavy atom. The molecule has 18 heavy (non-hydrogen) atoms. The Balaban J connectivity index is 2.46. The molecule has 0 amide bonds. The third-order valence-electron chi connectivity index (χ3n) is 2.35. The molecule has 0 spiro atoms. The molecule has 1 aromatic heterocycles. The molecule has 0 aromatic carbocycles. The van der Waals surface area contributed by atoms with E-state index >= 15 is 0 Å². The minimum atomic E-state index is 0.652. The van der Waals surface area contributed by atoms with Crippen LogP contribution < -0.4 is 10.1 Å². The van der Waals surface area contributed by atoms with Crippen molar-refractivity contribution in [2.24, 2.45) is 0 Å². The predicted molar refractivity (Wildman–Crippen MR) is 74.2 cm³/mol. The Labute approximate surface area is 110 Å². The Hall–Kier alpha value is -1.36. The Kier molecular flexibility index (Phi) is 6.43. The topological polar surface area (TPSA) is 50.3 Å². The molecule has 5 heteroatoms. The van der Waals surface area contributed by atoms with Gasteiger partial charge in [0.1, 0.15) is 0 Å². The molecule has 0 saturated heterocycles. The SMILES string of the molecule is CCCOc1cc(C)nc(NCCCN(C)C)n1. The Bertz CT molecular complexity index is 355. The molecule has 0 saturated carbocycles. The lowest BCUT2D eigenvalue weighted by molar-refractivity contribution is 0.305. The van der Waals surface area contributed by atoms with Gasteiger partial charge in [-0.05, 0) is 40.4 Å². The van der Waals surface area contributed by atoms with Crippen LogP contribution in [-0.2, 0) is 0 Å². The molecular formula is C13H24N4O. The number of anilines is 1. The zero-order valence-electron chi connectivity index (χ0n) is 11.9. The second kappa shape index (κ2) is 7.87. The van der Waals surface area contributed by atoms with E-state index in [0.717, 1.165) is 31.6 Å². The van der Waals surface area contributed by atoms with Crippen LogP contribution in [-0.4, -0.2) is 48.7 Å². The van der Waals surface area contributed by atoms with Gasteiger partial charge in [0.05, 0.1) is 6.61 Å². The molecule has 0 bridgehead atoms. The van der Waals surface area contributed by atoms with Gasteiger partial charge < -0.3 is 15.0 Å². The van der Waals surface area contributed by atoms with Crippen molar-refractivity contribution in [3.05, 3.63) is 11.8 Å². The van der Waals surface area contributed by atoms with E-state index in [1.165, 1.54) is 0 Å². The van der Waals surface area contributed by atoms with Crippen LogP contribution in [0.5, 0.6) is 5.88 Å². The minimum absolute atomic E-state index is 0.652. The number of rotatable bonds is 8. The molecule has 0 aliphatic heterocycles. The number of nitrogens with one attached hydrogen (secondary N) is 1. The number of aromatic nitrogens is 2. The van der Waals surface area contributed by atoms with Crippen LogP contribution in [0.4, 0.5) is 5.95 Å². The smallest absolute Gasteiger partial charge is 0.226 e. The number of ether oxygens (including phenoxy) is 1. The first-order chi connectivity index (χ1) is 8.61. The van der Waals surface area contributed by atoms with E-state index in [-0.39, 0.29) is 0 Å². The minimum Gasteiger partial charge on any atom is -0.478 e. The van der Waals surface area contributed by atoms with Gasteiger partial charge in [-0.2, -0.15) is 4.98 Å². The standard InChI is InChI=1S/C13H24N4O/c1-5-9-18-12-10-11(2)15-13(16-12)14-7-6-8-17(3)4/h10H,5-9H2,1-4H3,(H,14,15,16). The van der Waals surface area contributed by atoms with Crippen LogP contribution in [0.3, 0.4) is 0 Å². The van der Waals surface area contributed by atoms with Crippen LogP contribution in [0.25, 0.3) is 0 Å². The highest BCUT2D eigenvalue weighted by Gasteiger charge is 2.02. The summed E-state index contributed by atoms with van der Waals surface area (Å²) in [6.45, 7) is 6.64. The van der Waals surface area contributed by atoms with Gasteiger partial charge in [0.15, 0.2) is 0 Å². The van der Waals surface area contributed by atoms with Crippen molar-refractivity contribution in [2.75, 3.05) is 39.1 Å². The average molecular weight is 252 g/mol. The van der Waals surface area contributed by atoms with Crippen LogP contribution >= 0.6 is 0 Å². The summed E-state index contributed by atoms with van der Waals surface area (Å²) in [6.07, 6.45) is 2.05. The summed E-state index contributed by atoms with van der Waals surface area (Å²) < 4.78 is 5.52. The van der Waals surface area contributed by atoms with Gasteiger partial charge in [-0.15, -0.1) is 0 Å². The maximum atomic E-state index is 5.52. The molecule has 5 nitrogen and oxygen atoms in total.